The molecule has 1 heterocycles. The predicted molar refractivity (Wildman–Crippen MR) is 47.5 cm³/mol. The molecule has 0 aromatic heterocycles. The molecule has 1 N–H and O–H groups in total. The van der Waals surface area contributed by atoms with Crippen LogP contribution < -0.4 is 5.32 Å². The zero-order valence-electron chi connectivity index (χ0n) is 7.32. The van der Waals surface area contributed by atoms with Gasteiger partial charge in [0.05, 0.1) is 0 Å². The maximum atomic E-state index is 4.06. The molecule has 1 spiro atoms. The van der Waals surface area contributed by atoms with Gasteiger partial charge in [0.25, 0.3) is 0 Å². The Kier molecular flexibility index (Phi) is 1.57. The molecule has 1 heteroatoms. The number of rotatable bonds is 1. The molecule has 1 nitrogen and oxygen atoms in total. The highest BCUT2D eigenvalue weighted by Gasteiger charge is 2.47. The normalized spacial score (nSPS) is 33.7. The van der Waals surface area contributed by atoms with Crippen LogP contribution in [0.1, 0.15) is 32.6 Å². The molecule has 1 aliphatic carbocycles. The van der Waals surface area contributed by atoms with E-state index in [1.807, 2.05) is 0 Å². The van der Waals surface area contributed by atoms with E-state index in [2.05, 4.69) is 18.8 Å². The Morgan fingerprint density at radius 1 is 1.45 bits per heavy atom. The van der Waals surface area contributed by atoms with Gasteiger partial charge in [-0.15, -0.1) is 0 Å². The van der Waals surface area contributed by atoms with Crippen LogP contribution >= 0.6 is 0 Å². The summed E-state index contributed by atoms with van der Waals surface area (Å²) < 4.78 is 0. The van der Waals surface area contributed by atoms with Crippen LogP contribution in [0.5, 0.6) is 0 Å². The summed E-state index contributed by atoms with van der Waals surface area (Å²) in [5, 5.41) is 3.59. The molecule has 1 saturated heterocycles. The van der Waals surface area contributed by atoms with Crippen LogP contribution in [0, 0.1) is 5.92 Å². The smallest absolute Gasteiger partial charge is 0.0258 e. The highest BCUT2D eigenvalue weighted by atomic mass is 15.1. The van der Waals surface area contributed by atoms with E-state index >= 15 is 0 Å². The molecular formula is C10H17N. The van der Waals surface area contributed by atoms with Gasteiger partial charge in [0.15, 0.2) is 0 Å². The summed E-state index contributed by atoms with van der Waals surface area (Å²) >= 11 is 0. The first-order valence-corrected chi connectivity index (χ1v) is 4.65. The number of hydrogen-bond donors (Lipinski definition) is 1. The molecular weight excluding hydrogens is 134 g/mol. The molecule has 0 radical (unpaired) electrons. The number of hydrogen-bond acceptors (Lipinski definition) is 1. The first kappa shape index (κ1) is 7.35. The van der Waals surface area contributed by atoms with Crippen molar-refractivity contribution in [3.05, 3.63) is 12.2 Å². The lowest BCUT2D eigenvalue weighted by Gasteiger charge is -2.49. The SMILES string of the molecule is C=C(C)[C@H]1CNC12CCCC2. The molecule has 2 fully saturated rings. The fourth-order valence-electron chi connectivity index (χ4n) is 2.67. The largest absolute Gasteiger partial charge is 0.310 e. The summed E-state index contributed by atoms with van der Waals surface area (Å²) in [6.07, 6.45) is 5.59. The molecule has 2 aliphatic rings. The van der Waals surface area contributed by atoms with Crippen LogP contribution in [0.2, 0.25) is 0 Å². The van der Waals surface area contributed by atoms with Crippen molar-refractivity contribution in [2.24, 2.45) is 5.92 Å². The summed E-state index contributed by atoms with van der Waals surface area (Å²) in [6.45, 7) is 7.40. The fourth-order valence-corrected chi connectivity index (χ4v) is 2.67. The van der Waals surface area contributed by atoms with Crippen molar-refractivity contribution in [3.63, 3.8) is 0 Å². The Hall–Kier alpha value is -0.300. The third-order valence-corrected chi connectivity index (χ3v) is 3.42. The minimum absolute atomic E-state index is 0.506. The van der Waals surface area contributed by atoms with E-state index in [4.69, 9.17) is 0 Å². The summed E-state index contributed by atoms with van der Waals surface area (Å²) in [5.74, 6) is 0.782. The van der Waals surface area contributed by atoms with Gasteiger partial charge in [-0.25, -0.2) is 0 Å². The van der Waals surface area contributed by atoms with Crippen molar-refractivity contribution >= 4 is 0 Å². The summed E-state index contributed by atoms with van der Waals surface area (Å²) in [6, 6.07) is 0. The van der Waals surface area contributed by atoms with Gasteiger partial charge in [-0.05, 0) is 19.8 Å². The molecule has 1 saturated carbocycles. The maximum Gasteiger partial charge on any atom is 0.0258 e. The van der Waals surface area contributed by atoms with E-state index in [0.717, 1.165) is 5.92 Å². The molecule has 0 aromatic rings. The van der Waals surface area contributed by atoms with Crippen molar-refractivity contribution < 1.29 is 0 Å². The Morgan fingerprint density at radius 3 is 2.45 bits per heavy atom. The third-order valence-electron chi connectivity index (χ3n) is 3.42. The highest BCUT2D eigenvalue weighted by molar-refractivity contribution is 5.18. The molecule has 0 bridgehead atoms. The fraction of sp³-hybridized carbons (Fsp3) is 0.800. The average Bonchev–Trinajstić information content (AvgIpc) is 2.31. The lowest BCUT2D eigenvalue weighted by molar-refractivity contribution is 0.136. The standard InChI is InChI=1S/C10H17N/c1-8(2)9-7-11-10(9)5-3-4-6-10/h9,11H,1,3-7H2,2H3/t9-/m1/s1. The zero-order valence-corrected chi connectivity index (χ0v) is 7.32. The average molecular weight is 151 g/mol. The van der Waals surface area contributed by atoms with Crippen molar-refractivity contribution in [2.75, 3.05) is 6.54 Å². The van der Waals surface area contributed by atoms with Crippen LogP contribution in [0.4, 0.5) is 0 Å². The predicted octanol–water partition coefficient (Wildman–Crippen LogP) is 2.09. The Bertz CT molecular complexity index is 177. The Labute approximate surface area is 68.9 Å². The third kappa shape index (κ3) is 0.943. The molecule has 0 amide bonds. The van der Waals surface area contributed by atoms with Crippen LogP contribution in [0.25, 0.3) is 0 Å². The van der Waals surface area contributed by atoms with Gasteiger partial charge in [-0.2, -0.15) is 0 Å². The van der Waals surface area contributed by atoms with Crippen LogP contribution in [-0.4, -0.2) is 12.1 Å². The van der Waals surface area contributed by atoms with Gasteiger partial charge in [0, 0.05) is 18.0 Å². The maximum absolute atomic E-state index is 4.06. The highest BCUT2D eigenvalue weighted by Crippen LogP contribution is 2.43. The van der Waals surface area contributed by atoms with Crippen LogP contribution in [0.15, 0.2) is 12.2 Å². The second-order valence-electron chi connectivity index (χ2n) is 4.14. The molecule has 62 valence electrons. The molecule has 1 atom stereocenters. The second-order valence-corrected chi connectivity index (χ2v) is 4.14. The Balaban J connectivity index is 2.09. The van der Waals surface area contributed by atoms with E-state index in [9.17, 15) is 0 Å². The van der Waals surface area contributed by atoms with Gasteiger partial charge in [-0.3, -0.25) is 0 Å². The van der Waals surface area contributed by atoms with Crippen molar-refractivity contribution in [3.8, 4) is 0 Å². The topological polar surface area (TPSA) is 12.0 Å². The second kappa shape index (κ2) is 2.34. The molecule has 1 aliphatic heterocycles. The monoisotopic (exact) mass is 151 g/mol. The van der Waals surface area contributed by atoms with Crippen molar-refractivity contribution in [2.45, 2.75) is 38.1 Å². The van der Waals surface area contributed by atoms with Gasteiger partial charge >= 0.3 is 0 Å². The van der Waals surface area contributed by atoms with Crippen molar-refractivity contribution in [1.82, 2.24) is 5.32 Å². The summed E-state index contributed by atoms with van der Waals surface area (Å²) in [7, 11) is 0. The van der Waals surface area contributed by atoms with Gasteiger partial charge in [0.2, 0.25) is 0 Å². The first-order valence-electron chi connectivity index (χ1n) is 4.65. The Morgan fingerprint density at radius 2 is 2.09 bits per heavy atom. The minimum Gasteiger partial charge on any atom is -0.310 e. The molecule has 11 heavy (non-hydrogen) atoms. The molecule has 0 unspecified atom stereocenters. The van der Waals surface area contributed by atoms with Crippen LogP contribution in [-0.2, 0) is 0 Å². The summed E-state index contributed by atoms with van der Waals surface area (Å²) in [5.41, 5.74) is 1.89. The van der Waals surface area contributed by atoms with Gasteiger partial charge in [-0.1, -0.05) is 25.0 Å². The van der Waals surface area contributed by atoms with Crippen molar-refractivity contribution in [1.29, 1.82) is 0 Å². The molecule has 0 aromatic carbocycles. The minimum atomic E-state index is 0.506. The van der Waals surface area contributed by atoms with Gasteiger partial charge < -0.3 is 5.32 Å². The quantitative estimate of drug-likeness (QED) is 0.566. The first-order chi connectivity index (χ1) is 5.25. The molecule has 2 rings (SSSR count). The van der Waals surface area contributed by atoms with Crippen LogP contribution in [0.3, 0.4) is 0 Å². The summed E-state index contributed by atoms with van der Waals surface area (Å²) in [4.78, 5) is 0. The van der Waals surface area contributed by atoms with Gasteiger partial charge in [0.1, 0.15) is 0 Å². The lowest BCUT2D eigenvalue weighted by atomic mass is 9.72. The van der Waals surface area contributed by atoms with E-state index in [-0.39, 0.29) is 0 Å². The van der Waals surface area contributed by atoms with E-state index in [1.54, 1.807) is 0 Å². The van der Waals surface area contributed by atoms with E-state index < -0.39 is 0 Å². The van der Waals surface area contributed by atoms with E-state index in [0.29, 0.717) is 5.54 Å². The zero-order chi connectivity index (χ0) is 7.90. The lowest BCUT2D eigenvalue weighted by Crippen LogP contribution is -2.63. The van der Waals surface area contributed by atoms with E-state index in [1.165, 1.54) is 37.8 Å². The number of nitrogens with one attached hydrogen (secondary N) is 1.